The summed E-state index contributed by atoms with van der Waals surface area (Å²) in [7, 11) is 3.42. The highest BCUT2D eigenvalue weighted by molar-refractivity contribution is 7.99. The van der Waals surface area contributed by atoms with E-state index in [1.165, 1.54) is 16.0 Å². The molecular formula is C20H22O2S. The van der Waals surface area contributed by atoms with E-state index in [-0.39, 0.29) is 0 Å². The molecular weight excluding hydrogens is 304 g/mol. The van der Waals surface area contributed by atoms with Gasteiger partial charge in [-0.1, -0.05) is 24.3 Å². The molecule has 1 aliphatic rings. The fourth-order valence-corrected chi connectivity index (χ4v) is 4.61. The summed E-state index contributed by atoms with van der Waals surface area (Å²) >= 11 is 1.92. The second-order valence-corrected chi connectivity index (χ2v) is 6.79. The molecule has 120 valence electrons. The molecule has 1 aliphatic heterocycles. The Morgan fingerprint density at radius 1 is 1.09 bits per heavy atom. The maximum absolute atomic E-state index is 5.37. The lowest BCUT2D eigenvalue weighted by molar-refractivity contribution is 0.412. The third-order valence-electron chi connectivity index (χ3n) is 4.49. The molecule has 0 amide bonds. The number of hydrogen-bond donors (Lipinski definition) is 0. The molecule has 0 saturated carbocycles. The zero-order valence-corrected chi connectivity index (χ0v) is 14.4. The molecule has 0 aromatic heterocycles. The van der Waals surface area contributed by atoms with Crippen LogP contribution in [0.15, 0.2) is 60.0 Å². The SMILES string of the molecule is C=CC[C@@H]1c2ccc(OC)cc2SC[C@@H]1c1ccc(OC)cc1. The number of benzene rings is 2. The van der Waals surface area contributed by atoms with E-state index in [1.54, 1.807) is 14.2 Å². The molecule has 0 radical (unpaired) electrons. The minimum atomic E-state index is 0.461. The zero-order chi connectivity index (χ0) is 16.2. The number of thioether (sulfide) groups is 1. The van der Waals surface area contributed by atoms with Crippen LogP contribution in [0.1, 0.15) is 29.4 Å². The van der Waals surface area contributed by atoms with E-state index < -0.39 is 0 Å². The molecule has 2 aromatic rings. The zero-order valence-electron chi connectivity index (χ0n) is 13.6. The van der Waals surface area contributed by atoms with E-state index in [9.17, 15) is 0 Å². The van der Waals surface area contributed by atoms with Gasteiger partial charge in [0, 0.05) is 16.6 Å². The third kappa shape index (κ3) is 3.25. The van der Waals surface area contributed by atoms with Crippen LogP contribution in [-0.4, -0.2) is 20.0 Å². The molecule has 2 atom stereocenters. The summed E-state index contributed by atoms with van der Waals surface area (Å²) in [5, 5.41) is 0. The van der Waals surface area contributed by atoms with Gasteiger partial charge in [-0.05, 0) is 47.7 Å². The van der Waals surface area contributed by atoms with Crippen molar-refractivity contribution < 1.29 is 9.47 Å². The fraction of sp³-hybridized carbons (Fsp3) is 0.300. The van der Waals surface area contributed by atoms with Gasteiger partial charge in [0.25, 0.3) is 0 Å². The minimum Gasteiger partial charge on any atom is -0.497 e. The standard InChI is InChI=1S/C20H22O2S/c1-4-5-17-18-11-10-16(22-3)12-20(18)23-13-19(17)14-6-8-15(21-2)9-7-14/h4,6-12,17,19H,1,5,13H2,2-3H3/t17-,19-/m1/s1. The van der Waals surface area contributed by atoms with Gasteiger partial charge in [0.1, 0.15) is 11.5 Å². The Balaban J connectivity index is 1.95. The van der Waals surface area contributed by atoms with Gasteiger partial charge in [0.15, 0.2) is 0 Å². The predicted octanol–water partition coefficient (Wildman–Crippen LogP) is 5.25. The molecule has 0 bridgehead atoms. The third-order valence-corrected chi connectivity index (χ3v) is 5.68. The monoisotopic (exact) mass is 326 g/mol. The van der Waals surface area contributed by atoms with Crippen molar-refractivity contribution in [3.63, 3.8) is 0 Å². The number of rotatable bonds is 5. The molecule has 0 unspecified atom stereocenters. The molecule has 3 rings (SSSR count). The summed E-state index contributed by atoms with van der Waals surface area (Å²) in [4.78, 5) is 1.33. The largest absolute Gasteiger partial charge is 0.497 e. The van der Waals surface area contributed by atoms with Crippen LogP contribution in [0.3, 0.4) is 0 Å². The van der Waals surface area contributed by atoms with E-state index in [0.29, 0.717) is 11.8 Å². The molecule has 0 spiro atoms. The van der Waals surface area contributed by atoms with E-state index in [2.05, 4.69) is 49.0 Å². The first-order valence-corrected chi connectivity index (χ1v) is 8.81. The molecule has 2 aromatic carbocycles. The van der Waals surface area contributed by atoms with E-state index in [1.807, 2.05) is 17.8 Å². The Hall–Kier alpha value is -1.87. The van der Waals surface area contributed by atoms with E-state index in [4.69, 9.17) is 9.47 Å². The normalized spacial score (nSPS) is 19.7. The number of methoxy groups -OCH3 is 2. The van der Waals surface area contributed by atoms with Crippen molar-refractivity contribution in [2.45, 2.75) is 23.2 Å². The van der Waals surface area contributed by atoms with Crippen molar-refractivity contribution in [2.75, 3.05) is 20.0 Å². The maximum atomic E-state index is 5.37. The number of ether oxygens (including phenoxy) is 2. The van der Waals surface area contributed by atoms with Crippen LogP contribution in [0.25, 0.3) is 0 Å². The van der Waals surface area contributed by atoms with Gasteiger partial charge in [-0.3, -0.25) is 0 Å². The Bertz CT molecular complexity index is 679. The highest BCUT2D eigenvalue weighted by Crippen LogP contribution is 2.48. The predicted molar refractivity (Wildman–Crippen MR) is 97.0 cm³/mol. The van der Waals surface area contributed by atoms with Crippen LogP contribution in [-0.2, 0) is 0 Å². The van der Waals surface area contributed by atoms with Gasteiger partial charge < -0.3 is 9.47 Å². The van der Waals surface area contributed by atoms with Crippen LogP contribution in [0.5, 0.6) is 11.5 Å². The topological polar surface area (TPSA) is 18.5 Å². The van der Waals surface area contributed by atoms with Gasteiger partial charge >= 0.3 is 0 Å². The second kappa shape index (κ2) is 7.14. The Labute approximate surface area is 142 Å². The van der Waals surface area contributed by atoms with Crippen LogP contribution < -0.4 is 9.47 Å². The van der Waals surface area contributed by atoms with Crippen molar-refractivity contribution in [1.82, 2.24) is 0 Å². The smallest absolute Gasteiger partial charge is 0.119 e. The van der Waals surface area contributed by atoms with Crippen molar-refractivity contribution in [3.8, 4) is 11.5 Å². The average Bonchev–Trinajstić information content (AvgIpc) is 2.62. The lowest BCUT2D eigenvalue weighted by Gasteiger charge is -2.33. The van der Waals surface area contributed by atoms with Gasteiger partial charge in [-0.25, -0.2) is 0 Å². The quantitative estimate of drug-likeness (QED) is 0.699. The van der Waals surface area contributed by atoms with Gasteiger partial charge in [-0.15, -0.1) is 18.3 Å². The van der Waals surface area contributed by atoms with Crippen molar-refractivity contribution in [1.29, 1.82) is 0 Å². The lowest BCUT2D eigenvalue weighted by atomic mass is 9.80. The first kappa shape index (κ1) is 16.0. The molecule has 0 fully saturated rings. The van der Waals surface area contributed by atoms with E-state index >= 15 is 0 Å². The van der Waals surface area contributed by atoms with Crippen LogP contribution in [0.4, 0.5) is 0 Å². The first-order valence-electron chi connectivity index (χ1n) is 7.82. The second-order valence-electron chi connectivity index (χ2n) is 5.73. The van der Waals surface area contributed by atoms with Crippen LogP contribution in [0, 0.1) is 0 Å². The van der Waals surface area contributed by atoms with Gasteiger partial charge in [0.05, 0.1) is 14.2 Å². The number of hydrogen-bond acceptors (Lipinski definition) is 3. The Morgan fingerprint density at radius 3 is 2.43 bits per heavy atom. The molecule has 23 heavy (non-hydrogen) atoms. The summed E-state index contributed by atoms with van der Waals surface area (Å²) < 4.78 is 10.6. The summed E-state index contributed by atoms with van der Waals surface area (Å²) in [5.41, 5.74) is 2.77. The van der Waals surface area contributed by atoms with Gasteiger partial charge in [0.2, 0.25) is 0 Å². The van der Waals surface area contributed by atoms with E-state index in [0.717, 1.165) is 23.7 Å². The molecule has 1 heterocycles. The molecule has 3 heteroatoms. The molecule has 2 nitrogen and oxygen atoms in total. The summed E-state index contributed by atoms with van der Waals surface area (Å²) in [6.07, 6.45) is 3.02. The Kier molecular flexibility index (Phi) is 4.97. The van der Waals surface area contributed by atoms with Crippen molar-refractivity contribution in [3.05, 3.63) is 66.2 Å². The van der Waals surface area contributed by atoms with Crippen molar-refractivity contribution in [2.24, 2.45) is 0 Å². The molecule has 0 saturated heterocycles. The summed E-state index contributed by atoms with van der Waals surface area (Å²) in [5.74, 6) is 3.86. The highest BCUT2D eigenvalue weighted by Gasteiger charge is 2.30. The number of allylic oxidation sites excluding steroid dienone is 1. The minimum absolute atomic E-state index is 0.461. The fourth-order valence-electron chi connectivity index (χ4n) is 3.24. The number of fused-ring (bicyclic) bond motifs is 1. The lowest BCUT2D eigenvalue weighted by Crippen LogP contribution is -2.18. The average molecular weight is 326 g/mol. The van der Waals surface area contributed by atoms with Crippen LogP contribution in [0.2, 0.25) is 0 Å². The summed E-state index contributed by atoms with van der Waals surface area (Å²) in [6.45, 7) is 3.97. The highest BCUT2D eigenvalue weighted by atomic mass is 32.2. The first-order chi connectivity index (χ1) is 11.3. The van der Waals surface area contributed by atoms with Gasteiger partial charge in [-0.2, -0.15) is 0 Å². The Morgan fingerprint density at radius 2 is 1.78 bits per heavy atom. The maximum Gasteiger partial charge on any atom is 0.119 e. The molecule has 0 N–H and O–H groups in total. The van der Waals surface area contributed by atoms with Crippen molar-refractivity contribution >= 4 is 11.8 Å². The molecule has 0 aliphatic carbocycles. The van der Waals surface area contributed by atoms with Crippen LogP contribution >= 0.6 is 11.8 Å². The summed E-state index contributed by atoms with van der Waals surface area (Å²) in [6, 6.07) is 14.9.